The molecule has 0 saturated carbocycles. The average molecular weight is 484 g/mol. The van der Waals surface area contributed by atoms with Crippen molar-refractivity contribution in [3.05, 3.63) is 179 Å². The Morgan fingerprint density at radius 2 is 0.917 bits per heavy atom. The van der Waals surface area contributed by atoms with Crippen molar-refractivity contribution in [2.24, 2.45) is 0 Å². The minimum Gasteiger partial charge on any atom is -0.274 e. The lowest BCUT2D eigenvalue weighted by atomic mass is 9.79. The summed E-state index contributed by atoms with van der Waals surface area (Å²) in [6.45, 7) is 0.869. The van der Waals surface area contributed by atoms with Gasteiger partial charge in [0.1, 0.15) is 0 Å². The Morgan fingerprint density at radius 3 is 1.42 bits per heavy atom. The minimum atomic E-state index is -0.279. The van der Waals surface area contributed by atoms with Gasteiger partial charge in [-0.15, -0.1) is 11.8 Å². The molecular formula is C34H29NS. The summed E-state index contributed by atoms with van der Waals surface area (Å²) in [5.41, 5.74) is 6.69. The maximum absolute atomic E-state index is 2.71. The van der Waals surface area contributed by atoms with E-state index in [0.29, 0.717) is 0 Å². The smallest absolute Gasteiger partial charge is 0.0873 e. The molecule has 0 spiro atoms. The maximum atomic E-state index is 2.71. The second-order valence-electron chi connectivity index (χ2n) is 9.32. The van der Waals surface area contributed by atoms with E-state index < -0.39 is 0 Å². The third kappa shape index (κ3) is 4.17. The summed E-state index contributed by atoms with van der Waals surface area (Å²) >= 11 is 2.07. The van der Waals surface area contributed by atoms with Gasteiger partial charge in [-0.05, 0) is 27.8 Å². The Balaban J connectivity index is 1.63. The quantitative estimate of drug-likeness (QED) is 0.238. The Bertz CT molecular complexity index is 1330. The summed E-state index contributed by atoms with van der Waals surface area (Å²) in [5, 5.41) is 0.192. The Labute approximate surface area is 218 Å². The second kappa shape index (κ2) is 10.2. The van der Waals surface area contributed by atoms with Crippen LogP contribution in [-0.2, 0) is 11.3 Å². The molecule has 1 aliphatic heterocycles. The molecule has 1 fully saturated rings. The van der Waals surface area contributed by atoms with Gasteiger partial charge in [-0.3, -0.25) is 4.90 Å². The van der Waals surface area contributed by atoms with E-state index in [1.165, 1.54) is 27.8 Å². The van der Waals surface area contributed by atoms with Crippen molar-refractivity contribution in [2.75, 3.05) is 0 Å². The van der Waals surface area contributed by atoms with Gasteiger partial charge in [0.2, 0.25) is 0 Å². The molecule has 1 heterocycles. The lowest BCUT2D eigenvalue weighted by Crippen LogP contribution is -2.35. The van der Waals surface area contributed by atoms with Gasteiger partial charge in [-0.25, -0.2) is 0 Å². The first kappa shape index (κ1) is 22.8. The van der Waals surface area contributed by atoms with Crippen LogP contribution in [0.5, 0.6) is 0 Å². The molecule has 0 N–H and O–H groups in total. The molecule has 1 nitrogen and oxygen atoms in total. The zero-order valence-electron chi connectivity index (χ0n) is 20.2. The van der Waals surface area contributed by atoms with Crippen LogP contribution in [-0.4, -0.2) is 4.90 Å². The van der Waals surface area contributed by atoms with E-state index in [1.807, 2.05) is 0 Å². The molecule has 6 rings (SSSR count). The highest BCUT2D eigenvalue weighted by molar-refractivity contribution is 8.00. The van der Waals surface area contributed by atoms with Gasteiger partial charge in [0.25, 0.3) is 0 Å². The normalized spacial score (nSPS) is 19.2. The molecule has 2 atom stereocenters. The van der Waals surface area contributed by atoms with Crippen molar-refractivity contribution in [1.29, 1.82) is 0 Å². The standard InChI is InChI=1S/C34H29NS/c1-6-16-27(17-7-1)26-35-32(28-18-8-2-9-19-28)34(30-22-12-4-13-23-30,31-24-14-5-15-25-31)36-33(35)29-20-10-3-11-21-29/h1-25,32-33H,26H2/t32-,33+/m0/s1. The lowest BCUT2D eigenvalue weighted by Gasteiger charge is -2.39. The van der Waals surface area contributed by atoms with Gasteiger partial charge in [0.15, 0.2) is 0 Å². The van der Waals surface area contributed by atoms with Crippen molar-refractivity contribution in [1.82, 2.24) is 4.90 Å². The highest BCUT2D eigenvalue weighted by Gasteiger charge is 2.55. The third-order valence-electron chi connectivity index (χ3n) is 7.13. The van der Waals surface area contributed by atoms with E-state index in [0.717, 1.165) is 6.54 Å². The topological polar surface area (TPSA) is 3.24 Å². The first-order valence-corrected chi connectivity index (χ1v) is 13.4. The second-order valence-corrected chi connectivity index (χ2v) is 10.6. The fraction of sp³-hybridized carbons (Fsp3) is 0.118. The molecule has 0 unspecified atom stereocenters. The number of rotatable bonds is 6. The average Bonchev–Trinajstić information content (AvgIpc) is 3.31. The molecule has 0 bridgehead atoms. The number of hydrogen-bond acceptors (Lipinski definition) is 2. The third-order valence-corrected chi connectivity index (χ3v) is 8.96. The lowest BCUT2D eigenvalue weighted by molar-refractivity contribution is 0.172. The first-order chi connectivity index (χ1) is 17.9. The van der Waals surface area contributed by atoms with Crippen LogP contribution in [0.4, 0.5) is 0 Å². The molecule has 5 aromatic rings. The van der Waals surface area contributed by atoms with Crippen molar-refractivity contribution < 1.29 is 0 Å². The highest BCUT2D eigenvalue weighted by Crippen LogP contribution is 2.66. The van der Waals surface area contributed by atoms with E-state index in [9.17, 15) is 0 Å². The van der Waals surface area contributed by atoms with Crippen LogP contribution in [0, 0.1) is 0 Å². The van der Waals surface area contributed by atoms with Crippen molar-refractivity contribution in [3.8, 4) is 0 Å². The summed E-state index contributed by atoms with van der Waals surface area (Å²) in [7, 11) is 0. The molecule has 2 heteroatoms. The van der Waals surface area contributed by atoms with Crippen molar-refractivity contribution in [3.63, 3.8) is 0 Å². The monoisotopic (exact) mass is 483 g/mol. The number of nitrogens with zero attached hydrogens (tertiary/aromatic N) is 1. The van der Waals surface area contributed by atoms with Gasteiger partial charge in [0, 0.05) is 6.54 Å². The van der Waals surface area contributed by atoms with Crippen LogP contribution >= 0.6 is 11.8 Å². The summed E-state index contributed by atoms with van der Waals surface area (Å²) in [4.78, 5) is 2.71. The molecular weight excluding hydrogens is 454 g/mol. The zero-order chi connectivity index (χ0) is 24.2. The molecule has 36 heavy (non-hydrogen) atoms. The van der Waals surface area contributed by atoms with E-state index in [1.54, 1.807) is 0 Å². The summed E-state index contributed by atoms with van der Waals surface area (Å²) in [5.74, 6) is 0. The summed E-state index contributed by atoms with van der Waals surface area (Å²) in [6, 6.07) is 55.3. The Kier molecular flexibility index (Phi) is 6.46. The number of benzene rings is 5. The Hall–Kier alpha value is -3.59. The largest absolute Gasteiger partial charge is 0.274 e. The van der Waals surface area contributed by atoms with Gasteiger partial charge in [0.05, 0.1) is 16.2 Å². The molecule has 1 saturated heterocycles. The van der Waals surface area contributed by atoms with Gasteiger partial charge in [-0.1, -0.05) is 152 Å². The molecule has 0 amide bonds. The highest BCUT2D eigenvalue weighted by atomic mass is 32.2. The van der Waals surface area contributed by atoms with Gasteiger partial charge in [-0.2, -0.15) is 0 Å². The predicted molar refractivity (Wildman–Crippen MR) is 152 cm³/mol. The van der Waals surface area contributed by atoms with Gasteiger partial charge >= 0.3 is 0 Å². The molecule has 0 aliphatic carbocycles. The minimum absolute atomic E-state index is 0.138. The van der Waals surface area contributed by atoms with Crippen LogP contribution in [0.25, 0.3) is 0 Å². The fourth-order valence-corrected chi connectivity index (χ4v) is 7.50. The van der Waals surface area contributed by atoms with Crippen molar-refractivity contribution >= 4 is 11.8 Å². The zero-order valence-corrected chi connectivity index (χ0v) is 21.0. The van der Waals surface area contributed by atoms with Crippen LogP contribution in [0.2, 0.25) is 0 Å². The van der Waals surface area contributed by atoms with Crippen LogP contribution in [0.1, 0.15) is 39.2 Å². The molecule has 176 valence electrons. The fourth-order valence-electron chi connectivity index (χ4n) is 5.57. The summed E-state index contributed by atoms with van der Waals surface area (Å²) < 4.78 is -0.279. The van der Waals surface area contributed by atoms with Crippen LogP contribution in [0.15, 0.2) is 152 Å². The molecule has 1 aliphatic rings. The molecule has 5 aromatic carbocycles. The van der Waals surface area contributed by atoms with E-state index in [-0.39, 0.29) is 16.2 Å². The number of thioether (sulfide) groups is 1. The number of hydrogen-bond donors (Lipinski definition) is 0. The first-order valence-electron chi connectivity index (χ1n) is 12.5. The summed E-state index contributed by atoms with van der Waals surface area (Å²) in [6.07, 6.45) is 0. The van der Waals surface area contributed by atoms with Crippen molar-refractivity contribution in [2.45, 2.75) is 22.7 Å². The maximum Gasteiger partial charge on any atom is 0.0873 e. The Morgan fingerprint density at radius 1 is 0.500 bits per heavy atom. The van der Waals surface area contributed by atoms with Crippen LogP contribution in [0.3, 0.4) is 0 Å². The van der Waals surface area contributed by atoms with E-state index in [2.05, 4.69) is 168 Å². The van der Waals surface area contributed by atoms with E-state index >= 15 is 0 Å². The van der Waals surface area contributed by atoms with Gasteiger partial charge < -0.3 is 0 Å². The molecule has 0 aromatic heterocycles. The van der Waals surface area contributed by atoms with E-state index in [4.69, 9.17) is 0 Å². The predicted octanol–water partition coefficient (Wildman–Crippen LogP) is 8.62. The SMILES string of the molecule is c1ccc(CN2[C@@H](c3ccccc3)SC(c3ccccc3)(c3ccccc3)[C@@H]2c2ccccc2)cc1. The molecule has 0 radical (unpaired) electrons. The van der Waals surface area contributed by atoms with Crippen LogP contribution < -0.4 is 0 Å².